The maximum Gasteiger partial charge on any atom is 0.223 e. The first-order valence-electron chi connectivity index (χ1n) is 8.12. The van der Waals surface area contributed by atoms with Crippen LogP contribution in [0.5, 0.6) is 0 Å². The van der Waals surface area contributed by atoms with Gasteiger partial charge in [-0.15, -0.1) is 0 Å². The van der Waals surface area contributed by atoms with E-state index in [0.717, 1.165) is 49.1 Å². The van der Waals surface area contributed by atoms with Gasteiger partial charge in [0.15, 0.2) is 0 Å². The van der Waals surface area contributed by atoms with Crippen LogP contribution < -0.4 is 0 Å². The highest BCUT2D eigenvalue weighted by atomic mass is 16.3. The molecule has 0 bridgehead atoms. The number of nitrogens with one attached hydrogen (secondary N) is 1. The molecule has 1 aliphatic heterocycles. The first-order chi connectivity index (χ1) is 10.8. The van der Waals surface area contributed by atoms with Gasteiger partial charge in [-0.3, -0.25) is 4.79 Å². The zero-order valence-electron chi connectivity index (χ0n) is 12.8. The highest BCUT2D eigenvalue weighted by Crippen LogP contribution is 2.18. The number of benzene rings is 1. The van der Waals surface area contributed by atoms with Crippen molar-refractivity contribution in [2.45, 2.75) is 44.6 Å². The second kappa shape index (κ2) is 6.92. The topological polar surface area (TPSA) is 69.2 Å². The Bertz CT molecular complexity index is 605. The van der Waals surface area contributed by atoms with Gasteiger partial charge < -0.3 is 15.0 Å². The van der Waals surface area contributed by atoms with Crippen LogP contribution in [0.3, 0.4) is 0 Å². The molecule has 3 rings (SSSR count). The van der Waals surface area contributed by atoms with E-state index >= 15 is 0 Å². The Balaban J connectivity index is 1.63. The molecule has 1 atom stereocenters. The van der Waals surface area contributed by atoms with Crippen LogP contribution in [0.15, 0.2) is 24.3 Å². The van der Waals surface area contributed by atoms with Gasteiger partial charge in [0.2, 0.25) is 5.91 Å². The Hall–Kier alpha value is -1.88. The fourth-order valence-electron chi connectivity index (χ4n) is 3.19. The number of fused-ring (bicyclic) bond motifs is 1. The van der Waals surface area contributed by atoms with Crippen LogP contribution in [-0.2, 0) is 11.2 Å². The van der Waals surface area contributed by atoms with Crippen LogP contribution in [0.2, 0.25) is 0 Å². The van der Waals surface area contributed by atoms with E-state index in [9.17, 15) is 9.90 Å². The van der Waals surface area contributed by atoms with E-state index in [2.05, 4.69) is 9.97 Å². The molecule has 5 heteroatoms. The molecule has 1 aromatic heterocycles. The van der Waals surface area contributed by atoms with Gasteiger partial charge in [0.25, 0.3) is 0 Å². The van der Waals surface area contributed by atoms with Gasteiger partial charge in [-0.05, 0) is 25.0 Å². The van der Waals surface area contributed by atoms with Crippen LogP contribution >= 0.6 is 0 Å². The molecule has 1 saturated heterocycles. The van der Waals surface area contributed by atoms with E-state index in [1.807, 2.05) is 29.2 Å². The molecule has 0 aliphatic carbocycles. The number of aryl methyl sites for hydroxylation is 1. The van der Waals surface area contributed by atoms with E-state index in [0.29, 0.717) is 12.8 Å². The number of nitrogens with zero attached hydrogens (tertiary/aromatic N) is 2. The summed E-state index contributed by atoms with van der Waals surface area (Å²) in [6, 6.07) is 7.88. The SMILES string of the molecule is O=C(CCc1nc2ccccc2[nH]1)N1CCCCCC1CO. The van der Waals surface area contributed by atoms with Gasteiger partial charge in [0, 0.05) is 19.4 Å². The van der Waals surface area contributed by atoms with Gasteiger partial charge in [-0.25, -0.2) is 4.98 Å². The lowest BCUT2D eigenvalue weighted by Gasteiger charge is -2.28. The molecule has 0 spiro atoms. The van der Waals surface area contributed by atoms with E-state index in [1.54, 1.807) is 0 Å². The lowest BCUT2D eigenvalue weighted by atomic mass is 10.1. The molecule has 1 unspecified atom stereocenters. The van der Waals surface area contributed by atoms with Crippen molar-refractivity contribution in [3.8, 4) is 0 Å². The average molecular weight is 301 g/mol. The van der Waals surface area contributed by atoms with Gasteiger partial charge >= 0.3 is 0 Å². The highest BCUT2D eigenvalue weighted by molar-refractivity contribution is 5.77. The number of aromatic nitrogens is 2. The van der Waals surface area contributed by atoms with Crippen molar-refractivity contribution in [3.63, 3.8) is 0 Å². The second-order valence-electron chi connectivity index (χ2n) is 5.97. The van der Waals surface area contributed by atoms with Gasteiger partial charge in [-0.1, -0.05) is 25.0 Å². The molecule has 118 valence electrons. The van der Waals surface area contributed by atoms with E-state index in [-0.39, 0.29) is 18.6 Å². The predicted octanol–water partition coefficient (Wildman–Crippen LogP) is 2.26. The Kier molecular flexibility index (Phi) is 4.73. The van der Waals surface area contributed by atoms with Crippen LogP contribution in [-0.4, -0.2) is 45.1 Å². The fraction of sp³-hybridized carbons (Fsp3) is 0.529. The smallest absolute Gasteiger partial charge is 0.223 e. The summed E-state index contributed by atoms with van der Waals surface area (Å²) in [5.74, 6) is 0.978. The van der Waals surface area contributed by atoms with E-state index in [1.165, 1.54) is 0 Å². The lowest BCUT2D eigenvalue weighted by Crippen LogP contribution is -2.42. The minimum absolute atomic E-state index is 0.00864. The highest BCUT2D eigenvalue weighted by Gasteiger charge is 2.24. The number of para-hydroxylation sites is 2. The summed E-state index contributed by atoms with van der Waals surface area (Å²) in [6.45, 7) is 0.834. The third kappa shape index (κ3) is 3.30. The van der Waals surface area contributed by atoms with Crippen molar-refractivity contribution in [1.82, 2.24) is 14.9 Å². The molecule has 1 aromatic carbocycles. The monoisotopic (exact) mass is 301 g/mol. The number of hydrogen-bond acceptors (Lipinski definition) is 3. The third-order valence-corrected chi connectivity index (χ3v) is 4.42. The Morgan fingerprint density at radius 2 is 2.18 bits per heavy atom. The van der Waals surface area contributed by atoms with Crippen LogP contribution in [0, 0.1) is 0 Å². The summed E-state index contributed by atoms with van der Waals surface area (Å²) in [6.07, 6.45) is 5.24. The molecule has 1 fully saturated rings. The van der Waals surface area contributed by atoms with Crippen LogP contribution in [0.25, 0.3) is 11.0 Å². The summed E-state index contributed by atoms with van der Waals surface area (Å²) in [5.41, 5.74) is 1.95. The Morgan fingerprint density at radius 1 is 1.32 bits per heavy atom. The number of hydrogen-bond donors (Lipinski definition) is 2. The van der Waals surface area contributed by atoms with Crippen molar-refractivity contribution in [1.29, 1.82) is 0 Å². The summed E-state index contributed by atoms with van der Waals surface area (Å²) >= 11 is 0. The van der Waals surface area contributed by atoms with Crippen molar-refractivity contribution in [2.75, 3.05) is 13.2 Å². The maximum absolute atomic E-state index is 12.5. The van der Waals surface area contributed by atoms with Gasteiger partial charge in [-0.2, -0.15) is 0 Å². The normalized spacial score (nSPS) is 19.3. The van der Waals surface area contributed by atoms with E-state index < -0.39 is 0 Å². The van der Waals surface area contributed by atoms with Gasteiger partial charge in [0.1, 0.15) is 5.82 Å². The number of carbonyl (C=O) groups is 1. The molecule has 0 radical (unpaired) electrons. The number of imidazole rings is 1. The standard InChI is InChI=1S/C17H23N3O2/c21-12-13-6-2-1-5-11-20(13)17(22)10-9-16-18-14-7-3-4-8-15(14)19-16/h3-4,7-8,13,21H,1-2,5-6,9-12H2,(H,18,19). The molecule has 5 nitrogen and oxygen atoms in total. The lowest BCUT2D eigenvalue weighted by molar-refractivity contribution is -0.134. The largest absolute Gasteiger partial charge is 0.394 e. The summed E-state index contributed by atoms with van der Waals surface area (Å²) in [5, 5.41) is 9.50. The second-order valence-corrected chi connectivity index (χ2v) is 5.97. The fourth-order valence-corrected chi connectivity index (χ4v) is 3.19. The number of H-pyrrole nitrogens is 1. The number of likely N-dealkylation sites (tertiary alicyclic amines) is 1. The Morgan fingerprint density at radius 3 is 3.00 bits per heavy atom. The molecule has 2 aromatic rings. The molecule has 2 N–H and O–H groups in total. The van der Waals surface area contributed by atoms with Crippen LogP contribution in [0.1, 0.15) is 37.9 Å². The number of amides is 1. The zero-order valence-corrected chi connectivity index (χ0v) is 12.8. The van der Waals surface area contributed by atoms with Gasteiger partial charge in [0.05, 0.1) is 23.7 Å². The molecule has 1 amide bonds. The first-order valence-corrected chi connectivity index (χ1v) is 8.12. The molecule has 0 saturated carbocycles. The quantitative estimate of drug-likeness (QED) is 0.910. The minimum Gasteiger partial charge on any atom is -0.394 e. The van der Waals surface area contributed by atoms with E-state index in [4.69, 9.17) is 0 Å². The third-order valence-electron chi connectivity index (χ3n) is 4.42. The minimum atomic E-state index is -0.00864. The van der Waals surface area contributed by atoms with Crippen molar-refractivity contribution in [3.05, 3.63) is 30.1 Å². The number of rotatable bonds is 4. The Labute approximate surface area is 130 Å². The number of carbonyl (C=O) groups excluding carboxylic acids is 1. The maximum atomic E-state index is 12.5. The van der Waals surface area contributed by atoms with Crippen LogP contribution in [0.4, 0.5) is 0 Å². The first kappa shape index (κ1) is 15.0. The number of aliphatic hydroxyl groups excluding tert-OH is 1. The molecule has 2 heterocycles. The molecule has 22 heavy (non-hydrogen) atoms. The summed E-state index contributed by atoms with van der Waals surface area (Å²) < 4.78 is 0. The summed E-state index contributed by atoms with van der Waals surface area (Å²) in [4.78, 5) is 22.1. The predicted molar refractivity (Wildman–Crippen MR) is 85.5 cm³/mol. The zero-order chi connectivity index (χ0) is 15.4. The molecule has 1 aliphatic rings. The van der Waals surface area contributed by atoms with Crippen molar-refractivity contribution in [2.24, 2.45) is 0 Å². The number of aromatic amines is 1. The number of aliphatic hydroxyl groups is 1. The summed E-state index contributed by atoms with van der Waals surface area (Å²) in [7, 11) is 0. The van der Waals surface area contributed by atoms with Crippen molar-refractivity contribution < 1.29 is 9.90 Å². The molecular formula is C17H23N3O2. The molecular weight excluding hydrogens is 278 g/mol. The average Bonchev–Trinajstić information content (AvgIpc) is 2.80. The van der Waals surface area contributed by atoms with Crippen molar-refractivity contribution >= 4 is 16.9 Å².